The molecule has 0 bridgehead atoms. The lowest BCUT2D eigenvalue weighted by Crippen LogP contribution is -1.93. The van der Waals surface area contributed by atoms with Crippen molar-refractivity contribution in [2.24, 2.45) is 0 Å². The molecular formula is C8H7N3O4. The van der Waals surface area contributed by atoms with Crippen molar-refractivity contribution in [3.05, 3.63) is 46.9 Å². The molecule has 0 saturated carbocycles. The minimum atomic E-state index is -1.01. The number of rotatable bonds is 1. The predicted octanol–water partition coefficient (Wildman–Crippen LogP) is 0.157. The molecule has 7 nitrogen and oxygen atoms in total. The van der Waals surface area contributed by atoms with E-state index in [1.807, 2.05) is 30.6 Å². The van der Waals surface area contributed by atoms with Crippen molar-refractivity contribution in [2.75, 3.05) is 0 Å². The van der Waals surface area contributed by atoms with Gasteiger partial charge >= 0.3 is 5.69 Å². The van der Waals surface area contributed by atoms with Crippen LogP contribution in [0.5, 0.6) is 5.95 Å². The zero-order chi connectivity index (χ0) is 11.1. The molecule has 0 aliphatic carbocycles. The summed E-state index contributed by atoms with van der Waals surface area (Å²) in [6.45, 7) is 0. The fourth-order valence-corrected chi connectivity index (χ4v) is 0.687. The third-order valence-electron chi connectivity index (χ3n) is 1.32. The topological polar surface area (TPSA) is 106 Å². The third kappa shape index (κ3) is 3.43. The molecule has 0 saturated heterocycles. The molecule has 2 heterocycles. The van der Waals surface area contributed by atoms with Crippen molar-refractivity contribution >= 4 is 5.69 Å². The molecule has 0 fully saturated rings. The van der Waals surface area contributed by atoms with Gasteiger partial charge in [0.25, 0.3) is 0 Å². The van der Waals surface area contributed by atoms with Gasteiger partial charge in [0.05, 0.1) is 4.92 Å². The normalized spacial score (nSPS) is 8.80. The van der Waals surface area contributed by atoms with Crippen LogP contribution in [0.15, 0.2) is 41.3 Å². The molecule has 2 rings (SSSR count). The van der Waals surface area contributed by atoms with Gasteiger partial charge < -0.3 is 9.63 Å². The molecule has 0 atom stereocenters. The number of aromatic amines is 1. The number of nitro groups is 1. The first-order valence-electron chi connectivity index (χ1n) is 3.89. The maximum atomic E-state index is 10.2. The van der Waals surface area contributed by atoms with Gasteiger partial charge in [-0.05, 0) is 0 Å². The fraction of sp³-hybridized carbons (Fsp3) is 0. The largest absolute Gasteiger partial charge is 0.539 e. The van der Waals surface area contributed by atoms with Gasteiger partial charge in [0.15, 0.2) is 18.3 Å². The Labute approximate surface area is 84.1 Å². The molecule has 1 N–H and O–H groups in total. The molecule has 7 heteroatoms. The van der Waals surface area contributed by atoms with Crippen LogP contribution in [0, 0.1) is 10.1 Å². The lowest BCUT2D eigenvalue weighted by molar-refractivity contribution is -0.402. The van der Waals surface area contributed by atoms with Gasteiger partial charge in [0.2, 0.25) is 0 Å². The number of hydrogen-bond acceptors (Lipinski definition) is 5. The lowest BCUT2D eigenvalue weighted by atomic mass is 10.5. The summed E-state index contributed by atoms with van der Waals surface area (Å²) in [6, 6.07) is 5.86. The van der Waals surface area contributed by atoms with Crippen molar-refractivity contribution < 1.29 is 19.5 Å². The van der Waals surface area contributed by atoms with Crippen LogP contribution in [0.2, 0.25) is 0 Å². The molecule has 0 spiro atoms. The van der Waals surface area contributed by atoms with Crippen LogP contribution >= 0.6 is 0 Å². The first-order valence-corrected chi connectivity index (χ1v) is 3.89. The number of pyridine rings is 1. The summed E-state index contributed by atoms with van der Waals surface area (Å²) in [4.78, 5) is 11.8. The van der Waals surface area contributed by atoms with E-state index in [-0.39, 0.29) is 0 Å². The quantitative estimate of drug-likeness (QED) is 0.491. The van der Waals surface area contributed by atoms with Crippen molar-refractivity contribution in [1.82, 2.24) is 5.16 Å². The average molecular weight is 209 g/mol. The molecule has 2 aromatic rings. The monoisotopic (exact) mass is 209 g/mol. The molecule has 78 valence electrons. The highest BCUT2D eigenvalue weighted by Gasteiger charge is 2.08. The smallest absolute Gasteiger partial charge is 0.312 e. The molecule has 0 amide bonds. The Morgan fingerprint density at radius 2 is 2.00 bits per heavy atom. The summed E-state index contributed by atoms with van der Waals surface area (Å²) in [5.74, 6) is -1.01. The van der Waals surface area contributed by atoms with Crippen molar-refractivity contribution in [3.63, 3.8) is 0 Å². The number of aromatic nitrogens is 2. The van der Waals surface area contributed by atoms with Gasteiger partial charge in [-0.15, -0.1) is 0 Å². The van der Waals surface area contributed by atoms with Gasteiger partial charge in [0.1, 0.15) is 6.20 Å². The van der Waals surface area contributed by atoms with Gasteiger partial charge in [0, 0.05) is 12.1 Å². The van der Waals surface area contributed by atoms with Crippen molar-refractivity contribution in [1.29, 1.82) is 0 Å². The average Bonchev–Trinajstić information content (AvgIpc) is 2.68. The summed E-state index contributed by atoms with van der Waals surface area (Å²) in [6.07, 6.45) is 4.52. The Kier molecular flexibility index (Phi) is 3.78. The van der Waals surface area contributed by atoms with E-state index in [9.17, 15) is 15.2 Å². The molecule has 15 heavy (non-hydrogen) atoms. The van der Waals surface area contributed by atoms with E-state index in [2.05, 4.69) is 14.7 Å². The Balaban J connectivity index is 0.000000162. The number of nitrogens with one attached hydrogen (secondary N) is 1. The van der Waals surface area contributed by atoms with Crippen LogP contribution in [0.25, 0.3) is 0 Å². The van der Waals surface area contributed by atoms with Crippen LogP contribution in [0.4, 0.5) is 5.69 Å². The third-order valence-corrected chi connectivity index (χ3v) is 1.32. The van der Waals surface area contributed by atoms with Gasteiger partial charge in [-0.25, -0.2) is 4.98 Å². The highest BCUT2D eigenvalue weighted by atomic mass is 16.6. The molecule has 0 aromatic carbocycles. The van der Waals surface area contributed by atoms with Crippen molar-refractivity contribution in [2.45, 2.75) is 0 Å². The second kappa shape index (κ2) is 5.32. The van der Waals surface area contributed by atoms with E-state index in [0.717, 1.165) is 6.20 Å². The molecular weight excluding hydrogens is 202 g/mol. The van der Waals surface area contributed by atoms with Crippen LogP contribution < -0.4 is 10.1 Å². The lowest BCUT2D eigenvalue weighted by Gasteiger charge is -1.88. The molecule has 0 aliphatic rings. The fourth-order valence-electron chi connectivity index (χ4n) is 0.687. The number of hydrogen-bond donors (Lipinski definition) is 0. The highest BCUT2D eigenvalue weighted by Crippen LogP contribution is 2.19. The Morgan fingerprint density at radius 1 is 1.33 bits per heavy atom. The van der Waals surface area contributed by atoms with E-state index in [4.69, 9.17) is 0 Å². The zero-order valence-electron chi connectivity index (χ0n) is 7.49. The molecule has 0 radical (unpaired) electrons. The first-order chi connectivity index (χ1) is 7.22. The molecule has 0 aliphatic heterocycles. The minimum Gasteiger partial charge on any atom is -0.539 e. The van der Waals surface area contributed by atoms with Gasteiger partial charge in [-0.1, -0.05) is 6.07 Å². The second-order valence-electron chi connectivity index (χ2n) is 2.33. The highest BCUT2D eigenvalue weighted by molar-refractivity contribution is 5.32. The Hall–Kier alpha value is -2.44. The van der Waals surface area contributed by atoms with E-state index in [1.165, 1.54) is 0 Å². The van der Waals surface area contributed by atoms with E-state index in [0.29, 0.717) is 0 Å². The number of nitrogens with zero attached hydrogens (tertiary/aromatic N) is 2. The van der Waals surface area contributed by atoms with E-state index >= 15 is 0 Å². The van der Waals surface area contributed by atoms with Crippen LogP contribution in [-0.2, 0) is 0 Å². The van der Waals surface area contributed by atoms with Crippen LogP contribution in [0.1, 0.15) is 0 Å². The first kappa shape index (κ1) is 10.6. The predicted molar refractivity (Wildman–Crippen MR) is 45.6 cm³/mol. The summed E-state index contributed by atoms with van der Waals surface area (Å²) >= 11 is 0. The van der Waals surface area contributed by atoms with E-state index in [1.54, 1.807) is 0 Å². The second-order valence-corrected chi connectivity index (χ2v) is 2.33. The maximum absolute atomic E-state index is 10.2. The molecule has 0 unspecified atom stereocenters. The SMILES string of the molecule is O=[N+]([O-])c1cnoc1[O-].c1cc[nH+]cc1. The maximum Gasteiger partial charge on any atom is 0.312 e. The Morgan fingerprint density at radius 3 is 2.20 bits per heavy atom. The summed E-state index contributed by atoms with van der Waals surface area (Å²) in [5, 5.41) is 22.9. The molecule has 2 aromatic heterocycles. The van der Waals surface area contributed by atoms with E-state index < -0.39 is 16.6 Å². The minimum absolute atomic E-state index is 0.630. The summed E-state index contributed by atoms with van der Waals surface area (Å²) in [7, 11) is 0. The van der Waals surface area contributed by atoms with Crippen molar-refractivity contribution in [3.8, 4) is 5.95 Å². The van der Waals surface area contributed by atoms with Crippen LogP contribution in [0.3, 0.4) is 0 Å². The van der Waals surface area contributed by atoms with Gasteiger partial charge in [-0.3, -0.25) is 10.1 Å². The number of H-pyrrole nitrogens is 1. The summed E-state index contributed by atoms with van der Waals surface area (Å²) in [5.41, 5.74) is -0.630. The summed E-state index contributed by atoms with van der Waals surface area (Å²) < 4.78 is 3.88. The standard InChI is InChI=1S/C5H5N.C3H2N2O4/c1-2-4-6-5-3-1;6-3-2(5(7)8)1-4-9-3/h1-5H;1,6H. The Bertz CT molecular complexity index is 388. The zero-order valence-corrected chi connectivity index (χ0v) is 7.49. The van der Waals surface area contributed by atoms with Gasteiger partial charge in [-0.2, -0.15) is 5.16 Å². The van der Waals surface area contributed by atoms with Crippen LogP contribution in [-0.4, -0.2) is 10.1 Å².